The van der Waals surface area contributed by atoms with Crippen LogP contribution in [0.3, 0.4) is 0 Å². The molecule has 1 heterocycles. The second-order valence-electron chi connectivity index (χ2n) is 9.19. The van der Waals surface area contributed by atoms with Gasteiger partial charge in [-0.15, -0.1) is 11.8 Å². The van der Waals surface area contributed by atoms with Gasteiger partial charge in [-0.3, -0.25) is 19.3 Å². The molecule has 0 aromatic heterocycles. The predicted molar refractivity (Wildman–Crippen MR) is 153 cm³/mol. The van der Waals surface area contributed by atoms with Gasteiger partial charge in [-0.25, -0.2) is 10.0 Å². The van der Waals surface area contributed by atoms with E-state index in [1.165, 1.54) is 29.2 Å². The van der Waals surface area contributed by atoms with E-state index >= 15 is 0 Å². The first-order valence-electron chi connectivity index (χ1n) is 13.1. The van der Waals surface area contributed by atoms with E-state index in [2.05, 4.69) is 5.32 Å². The summed E-state index contributed by atoms with van der Waals surface area (Å²) in [5.74, 6) is -1.72. The molecule has 3 rings (SSSR count). The van der Waals surface area contributed by atoms with E-state index in [-0.39, 0.29) is 37.6 Å². The van der Waals surface area contributed by atoms with Crippen LogP contribution in [0.15, 0.2) is 77.4 Å². The molecular weight excluding hydrogens is 566 g/mol. The van der Waals surface area contributed by atoms with Crippen molar-refractivity contribution in [1.29, 1.82) is 0 Å². The number of carbonyl (C=O) groups is 4. The third-order valence-electron chi connectivity index (χ3n) is 5.86. The Balaban J connectivity index is 1.72. The number of likely N-dealkylation sites (tertiary alicyclic amines) is 1. The van der Waals surface area contributed by atoms with Gasteiger partial charge >= 0.3 is 11.9 Å². The molecule has 2 aromatic carbocycles. The Morgan fingerprint density at radius 1 is 1.10 bits per heavy atom. The topological polar surface area (TPSA) is 159 Å². The molecule has 2 amide bonds. The number of β-lactam (4-membered cyclic amide) rings is 1. The van der Waals surface area contributed by atoms with E-state index < -0.39 is 40.4 Å². The highest BCUT2D eigenvalue weighted by Crippen LogP contribution is 2.36. The Morgan fingerprint density at radius 3 is 2.40 bits per heavy atom. The van der Waals surface area contributed by atoms with Crippen molar-refractivity contribution in [3.63, 3.8) is 0 Å². The lowest BCUT2D eigenvalue weighted by Crippen LogP contribution is -2.99. The normalized spacial score (nSPS) is 16.8. The van der Waals surface area contributed by atoms with Crippen LogP contribution in [0.4, 0.5) is 5.69 Å². The number of para-hydroxylation sites is 1. The summed E-state index contributed by atoms with van der Waals surface area (Å²) in [6, 6.07) is 13.6. The van der Waals surface area contributed by atoms with Crippen LogP contribution in [-0.4, -0.2) is 58.5 Å². The van der Waals surface area contributed by atoms with Crippen LogP contribution in [0.2, 0.25) is 0 Å². The second-order valence-corrected chi connectivity index (χ2v) is 10.2. The Bertz CT molecular complexity index is 1310. The minimum Gasteiger partial charge on any atom is -0.595 e. The van der Waals surface area contributed by atoms with Gasteiger partial charge in [-0.1, -0.05) is 24.3 Å². The first kappa shape index (κ1) is 32.3. The number of esters is 2. The van der Waals surface area contributed by atoms with E-state index in [1.54, 1.807) is 56.5 Å². The molecule has 224 valence electrons. The number of ether oxygens (including phenoxy) is 3. The van der Waals surface area contributed by atoms with Crippen LogP contribution in [0.1, 0.15) is 32.8 Å². The smallest absolute Gasteiger partial charge is 0.355 e. The molecule has 0 saturated carbocycles. The highest BCUT2D eigenvalue weighted by Gasteiger charge is 2.51. The molecule has 2 aromatic rings. The summed E-state index contributed by atoms with van der Waals surface area (Å²) in [6.45, 7) is 4.80. The number of amides is 2. The molecule has 3 atom stereocenters. The van der Waals surface area contributed by atoms with Crippen molar-refractivity contribution in [3.05, 3.63) is 88.1 Å². The van der Waals surface area contributed by atoms with Gasteiger partial charge in [-0.2, -0.15) is 5.23 Å². The monoisotopic (exact) mass is 599 g/mol. The molecule has 0 spiro atoms. The molecule has 0 radical (unpaired) electrons. The maximum atomic E-state index is 13.3. The summed E-state index contributed by atoms with van der Waals surface area (Å²) in [5, 5.41) is 22.6. The SMILES string of the molecule is CCOC(=O)C/C=C/SC1C(NC(=O)COc2ccccc2)C(=O)N1C(C(=O)OCc1ccc([NH+]([O-])O)cc1)=C(C)C. The van der Waals surface area contributed by atoms with Crippen LogP contribution in [0.5, 0.6) is 5.75 Å². The molecule has 0 aliphatic carbocycles. The number of allylic oxidation sites excluding steroid dienone is 1. The molecule has 3 unspecified atom stereocenters. The first-order valence-corrected chi connectivity index (χ1v) is 14.0. The van der Waals surface area contributed by atoms with Crippen molar-refractivity contribution < 1.29 is 43.8 Å². The summed E-state index contributed by atoms with van der Waals surface area (Å²) in [7, 11) is 0. The molecular formula is C29H33N3O9S. The van der Waals surface area contributed by atoms with Crippen LogP contribution >= 0.6 is 11.8 Å². The number of hydrogen-bond donors (Lipinski definition) is 3. The van der Waals surface area contributed by atoms with Gasteiger partial charge in [0.2, 0.25) is 0 Å². The first-order chi connectivity index (χ1) is 20.1. The average molecular weight is 600 g/mol. The van der Waals surface area contributed by atoms with Crippen molar-refractivity contribution in [2.75, 3.05) is 13.2 Å². The van der Waals surface area contributed by atoms with Gasteiger partial charge in [0.25, 0.3) is 11.8 Å². The highest BCUT2D eigenvalue weighted by molar-refractivity contribution is 8.02. The summed E-state index contributed by atoms with van der Waals surface area (Å²) in [4.78, 5) is 52.1. The van der Waals surface area contributed by atoms with E-state index in [4.69, 9.17) is 19.4 Å². The van der Waals surface area contributed by atoms with E-state index in [1.807, 2.05) is 6.07 Å². The minimum absolute atomic E-state index is 0.0155. The Labute approximate surface area is 247 Å². The quantitative estimate of drug-likeness (QED) is 0.127. The van der Waals surface area contributed by atoms with Gasteiger partial charge in [0.05, 0.1) is 13.0 Å². The number of thioether (sulfide) groups is 1. The van der Waals surface area contributed by atoms with Gasteiger partial charge in [-0.05, 0) is 61.6 Å². The number of benzene rings is 2. The second kappa shape index (κ2) is 15.7. The molecule has 1 aliphatic rings. The third kappa shape index (κ3) is 8.91. The van der Waals surface area contributed by atoms with E-state index in [0.717, 1.165) is 11.8 Å². The minimum atomic E-state index is -1.07. The third-order valence-corrected chi connectivity index (χ3v) is 6.97. The summed E-state index contributed by atoms with van der Waals surface area (Å²) in [6.07, 6.45) is 1.59. The summed E-state index contributed by atoms with van der Waals surface area (Å²) >= 11 is 1.15. The fourth-order valence-corrected chi connectivity index (χ4v) is 4.90. The summed E-state index contributed by atoms with van der Waals surface area (Å²) < 4.78 is 15.8. The highest BCUT2D eigenvalue weighted by atomic mass is 32.2. The van der Waals surface area contributed by atoms with Crippen molar-refractivity contribution in [2.24, 2.45) is 0 Å². The molecule has 3 N–H and O–H groups in total. The number of nitrogens with zero attached hydrogens (tertiary/aromatic N) is 1. The van der Waals surface area contributed by atoms with Crippen molar-refractivity contribution in [3.8, 4) is 5.75 Å². The zero-order valence-corrected chi connectivity index (χ0v) is 24.2. The fourth-order valence-electron chi connectivity index (χ4n) is 3.86. The van der Waals surface area contributed by atoms with Crippen molar-refractivity contribution in [2.45, 2.75) is 45.2 Å². The van der Waals surface area contributed by atoms with Gasteiger partial charge in [0.1, 0.15) is 29.5 Å². The molecule has 1 fully saturated rings. The van der Waals surface area contributed by atoms with E-state index in [0.29, 0.717) is 16.9 Å². The fraction of sp³-hybridized carbons (Fsp3) is 0.310. The molecule has 1 saturated heterocycles. The largest absolute Gasteiger partial charge is 0.595 e. The molecule has 12 nitrogen and oxygen atoms in total. The number of nitrogens with one attached hydrogen (secondary N) is 2. The molecule has 1 aliphatic heterocycles. The standard InChI is InChI=1S/C29H33N3O9S/c1-4-39-24(34)11-8-16-42-28-25(30-23(33)18-40-22-9-6-5-7-10-22)27(35)31(28)26(19(2)3)29(36)41-17-20-12-14-21(15-13-20)32(37)38/h5-10,12-16,25,28,32,37H,4,11,17-18H2,1-3H3,(H,30,33)/b16-8+. The van der Waals surface area contributed by atoms with Crippen LogP contribution in [-0.2, 0) is 35.3 Å². The van der Waals surface area contributed by atoms with Crippen LogP contribution in [0.25, 0.3) is 0 Å². The predicted octanol–water partition coefficient (Wildman–Crippen LogP) is 2.36. The average Bonchev–Trinajstić information content (AvgIpc) is 2.97. The number of rotatable bonds is 14. The lowest BCUT2D eigenvalue weighted by atomic mass is 10.0. The van der Waals surface area contributed by atoms with Crippen LogP contribution in [0, 0.1) is 5.21 Å². The zero-order chi connectivity index (χ0) is 30.6. The summed E-state index contributed by atoms with van der Waals surface area (Å²) in [5.41, 5.74) is 1.18. The lowest BCUT2D eigenvalue weighted by molar-refractivity contribution is -0.991. The maximum Gasteiger partial charge on any atom is 0.355 e. The molecule has 0 bridgehead atoms. The van der Waals surface area contributed by atoms with Gasteiger partial charge in [0.15, 0.2) is 12.3 Å². The van der Waals surface area contributed by atoms with Gasteiger partial charge < -0.3 is 24.7 Å². The Kier molecular flexibility index (Phi) is 12.1. The molecule has 13 heteroatoms. The van der Waals surface area contributed by atoms with Crippen molar-refractivity contribution >= 4 is 41.2 Å². The van der Waals surface area contributed by atoms with Gasteiger partial charge in [0, 0.05) is 12.1 Å². The maximum absolute atomic E-state index is 13.3. The number of hydrogen-bond acceptors (Lipinski definition) is 10. The van der Waals surface area contributed by atoms with Crippen LogP contribution < -0.4 is 15.3 Å². The number of carbonyl (C=O) groups excluding carboxylic acids is 4. The molecule has 42 heavy (non-hydrogen) atoms. The number of quaternary nitrogens is 1. The zero-order valence-electron chi connectivity index (χ0n) is 23.4. The lowest BCUT2D eigenvalue weighted by Gasteiger charge is -2.46. The van der Waals surface area contributed by atoms with E-state index in [9.17, 15) is 24.4 Å². The Morgan fingerprint density at radius 2 is 1.79 bits per heavy atom. The Hall–Kier alpha value is -4.17. The van der Waals surface area contributed by atoms with Crippen molar-refractivity contribution in [1.82, 2.24) is 10.2 Å².